The Morgan fingerprint density at radius 1 is 0.900 bits per heavy atom. The molecule has 1 aliphatic carbocycles. The summed E-state index contributed by atoms with van der Waals surface area (Å²) in [5.74, 6) is 0. The van der Waals surface area contributed by atoms with Crippen LogP contribution in [-0.4, -0.2) is 12.2 Å². The summed E-state index contributed by atoms with van der Waals surface area (Å²) < 4.78 is 10.1. The van der Waals surface area contributed by atoms with Gasteiger partial charge in [0.1, 0.15) is 0 Å². The summed E-state index contributed by atoms with van der Waals surface area (Å²) in [6, 6.07) is 0. The quantitative estimate of drug-likeness (QED) is 0.491. The van der Waals surface area contributed by atoms with Gasteiger partial charge in [0.15, 0.2) is 12.2 Å². The van der Waals surface area contributed by atoms with Gasteiger partial charge in [0.25, 0.3) is 0 Å². The van der Waals surface area contributed by atoms with Crippen molar-refractivity contribution in [3.63, 3.8) is 0 Å². The first-order valence-corrected chi connectivity index (χ1v) is 3.13. The van der Waals surface area contributed by atoms with E-state index >= 15 is 0 Å². The van der Waals surface area contributed by atoms with Crippen molar-refractivity contribution in [3.8, 4) is 0 Å². The molecular formula is C8H6O2. The van der Waals surface area contributed by atoms with Crippen LogP contribution in [0, 0.1) is 12.5 Å². The molecule has 10 heavy (non-hydrogen) atoms. The minimum Gasteiger partial charge on any atom is -0.474 e. The zero-order valence-electron chi connectivity index (χ0n) is 5.28. The Morgan fingerprint density at radius 2 is 1.40 bits per heavy atom. The van der Waals surface area contributed by atoms with E-state index in [0.717, 1.165) is 0 Å². The van der Waals surface area contributed by atoms with E-state index < -0.39 is 0 Å². The molecular weight excluding hydrogens is 128 g/mol. The highest BCUT2D eigenvalue weighted by atomic mass is 16.6. The average molecular weight is 134 g/mol. The maximum Gasteiger partial charge on any atom is 0.212 e. The Balaban J connectivity index is 2.19. The number of hydrogen-bond donors (Lipinski definition) is 0. The molecule has 2 unspecified atom stereocenters. The molecule has 2 aliphatic rings. The average Bonchev–Trinajstić information content (AvgIpc) is 2.05. The van der Waals surface area contributed by atoms with E-state index in [-0.39, 0.29) is 12.2 Å². The Bertz CT molecular complexity index is 181. The fourth-order valence-electron chi connectivity index (χ4n) is 0.963. The molecule has 0 saturated carbocycles. The largest absolute Gasteiger partial charge is 0.474 e. The summed E-state index contributed by atoms with van der Waals surface area (Å²) in [5, 5.41) is 0. The molecule has 1 heterocycles. The summed E-state index contributed by atoms with van der Waals surface area (Å²) in [5.41, 5.74) is 0. The lowest BCUT2D eigenvalue weighted by Gasteiger charge is -2.24. The molecule has 2 radical (unpaired) electrons. The van der Waals surface area contributed by atoms with Crippen molar-refractivity contribution < 1.29 is 9.47 Å². The highest BCUT2D eigenvalue weighted by Crippen LogP contribution is 2.15. The van der Waals surface area contributed by atoms with E-state index in [2.05, 4.69) is 12.5 Å². The predicted molar refractivity (Wildman–Crippen MR) is 34.5 cm³/mol. The Labute approximate surface area is 59.4 Å². The van der Waals surface area contributed by atoms with Gasteiger partial charge in [0.2, 0.25) is 12.5 Å². The molecule has 0 aromatic carbocycles. The monoisotopic (exact) mass is 134 g/mol. The molecule has 1 aliphatic heterocycles. The van der Waals surface area contributed by atoms with Gasteiger partial charge in [-0.2, -0.15) is 0 Å². The first kappa shape index (κ1) is 5.59. The van der Waals surface area contributed by atoms with Crippen molar-refractivity contribution in [3.05, 3.63) is 36.8 Å². The SMILES string of the molecule is [C]1=[C]OC2C=CC=CC2O1. The van der Waals surface area contributed by atoms with Crippen molar-refractivity contribution in [2.75, 3.05) is 0 Å². The van der Waals surface area contributed by atoms with Crippen molar-refractivity contribution in [1.29, 1.82) is 0 Å². The highest BCUT2D eigenvalue weighted by molar-refractivity contribution is 5.17. The number of fused-ring (bicyclic) bond motifs is 1. The van der Waals surface area contributed by atoms with Crippen LogP contribution in [0.3, 0.4) is 0 Å². The third-order valence-corrected chi connectivity index (χ3v) is 1.47. The van der Waals surface area contributed by atoms with Gasteiger partial charge in [-0.25, -0.2) is 0 Å². The third kappa shape index (κ3) is 0.817. The van der Waals surface area contributed by atoms with E-state index in [9.17, 15) is 0 Å². The van der Waals surface area contributed by atoms with E-state index in [1.807, 2.05) is 24.3 Å². The molecule has 0 aromatic heterocycles. The molecule has 50 valence electrons. The van der Waals surface area contributed by atoms with E-state index in [4.69, 9.17) is 9.47 Å². The Morgan fingerprint density at radius 3 is 1.90 bits per heavy atom. The first-order chi connectivity index (χ1) is 4.97. The highest BCUT2D eigenvalue weighted by Gasteiger charge is 2.22. The predicted octanol–water partition coefficient (Wildman–Crippen LogP) is 0.974. The van der Waals surface area contributed by atoms with Gasteiger partial charge in [-0.05, 0) is 12.2 Å². The van der Waals surface area contributed by atoms with Gasteiger partial charge in [-0.3, -0.25) is 0 Å². The van der Waals surface area contributed by atoms with Crippen molar-refractivity contribution >= 4 is 0 Å². The molecule has 0 bridgehead atoms. The second kappa shape index (κ2) is 2.21. The van der Waals surface area contributed by atoms with Crippen LogP contribution in [0.25, 0.3) is 0 Å². The molecule has 2 atom stereocenters. The molecule has 0 fully saturated rings. The number of rotatable bonds is 0. The van der Waals surface area contributed by atoms with Crippen LogP contribution in [0.1, 0.15) is 0 Å². The maximum absolute atomic E-state index is 5.06. The lowest BCUT2D eigenvalue weighted by molar-refractivity contribution is -0.00447. The van der Waals surface area contributed by atoms with Crippen LogP contribution < -0.4 is 0 Å². The third-order valence-electron chi connectivity index (χ3n) is 1.47. The molecule has 2 rings (SSSR count). The summed E-state index contributed by atoms with van der Waals surface area (Å²) in [6.07, 6.45) is 12.6. The first-order valence-electron chi connectivity index (χ1n) is 3.13. The number of ether oxygens (including phenoxy) is 2. The van der Waals surface area contributed by atoms with Crippen LogP contribution in [0.4, 0.5) is 0 Å². The number of allylic oxidation sites excluding steroid dienone is 2. The summed E-state index contributed by atoms with van der Waals surface area (Å²) in [4.78, 5) is 0. The van der Waals surface area contributed by atoms with Crippen LogP contribution in [0.5, 0.6) is 0 Å². The fourth-order valence-corrected chi connectivity index (χ4v) is 0.963. The second-order valence-electron chi connectivity index (χ2n) is 2.14. The standard InChI is InChI=1S/C8H6O2/c1-2-4-8-7(3-1)9-5-6-10-8/h1-4,7-8H. The normalized spacial score (nSPS) is 34.4. The summed E-state index contributed by atoms with van der Waals surface area (Å²) in [7, 11) is 0. The minimum atomic E-state index is -0.00810. The van der Waals surface area contributed by atoms with Crippen LogP contribution >= 0.6 is 0 Å². The lowest BCUT2D eigenvalue weighted by Crippen LogP contribution is -2.29. The molecule has 2 heteroatoms. The second-order valence-corrected chi connectivity index (χ2v) is 2.14. The van der Waals surface area contributed by atoms with Crippen molar-refractivity contribution in [2.24, 2.45) is 0 Å². The minimum absolute atomic E-state index is 0.00810. The van der Waals surface area contributed by atoms with Gasteiger partial charge in [0, 0.05) is 0 Å². The van der Waals surface area contributed by atoms with Gasteiger partial charge in [-0.15, -0.1) is 0 Å². The molecule has 0 N–H and O–H groups in total. The van der Waals surface area contributed by atoms with Gasteiger partial charge in [-0.1, -0.05) is 12.2 Å². The van der Waals surface area contributed by atoms with Crippen LogP contribution in [-0.2, 0) is 9.47 Å². The van der Waals surface area contributed by atoms with E-state index in [0.29, 0.717) is 0 Å². The maximum atomic E-state index is 5.06. The summed E-state index contributed by atoms with van der Waals surface area (Å²) in [6.45, 7) is 0. The van der Waals surface area contributed by atoms with Crippen molar-refractivity contribution in [2.45, 2.75) is 12.2 Å². The van der Waals surface area contributed by atoms with Gasteiger partial charge >= 0.3 is 0 Å². The zero-order chi connectivity index (χ0) is 6.81. The van der Waals surface area contributed by atoms with Crippen molar-refractivity contribution in [1.82, 2.24) is 0 Å². The summed E-state index contributed by atoms with van der Waals surface area (Å²) >= 11 is 0. The molecule has 0 spiro atoms. The lowest BCUT2D eigenvalue weighted by atomic mass is 10.1. The number of hydrogen-bond acceptors (Lipinski definition) is 2. The Hall–Kier alpha value is -1.18. The van der Waals surface area contributed by atoms with Gasteiger partial charge < -0.3 is 9.47 Å². The molecule has 2 nitrogen and oxygen atoms in total. The topological polar surface area (TPSA) is 18.5 Å². The van der Waals surface area contributed by atoms with E-state index in [1.165, 1.54) is 0 Å². The molecule has 0 amide bonds. The van der Waals surface area contributed by atoms with Gasteiger partial charge in [0.05, 0.1) is 0 Å². The van der Waals surface area contributed by atoms with Crippen LogP contribution in [0.15, 0.2) is 24.3 Å². The molecule has 0 aromatic rings. The smallest absolute Gasteiger partial charge is 0.212 e. The van der Waals surface area contributed by atoms with E-state index in [1.54, 1.807) is 0 Å². The fraction of sp³-hybridized carbons (Fsp3) is 0.250. The van der Waals surface area contributed by atoms with Crippen LogP contribution in [0.2, 0.25) is 0 Å². The Kier molecular flexibility index (Phi) is 1.24. The zero-order valence-corrected chi connectivity index (χ0v) is 5.28. The molecule has 0 saturated heterocycles.